The molecule has 2 amide bonds. The molecule has 5 heteroatoms. The highest BCUT2D eigenvalue weighted by Crippen LogP contribution is 2.24. The molecular formula is C9H16N2O3. The van der Waals surface area contributed by atoms with Crippen LogP contribution in [0.2, 0.25) is 0 Å². The SMILES string of the molecule is CC1CCCC1NC(=O)NCC(=O)O. The minimum absolute atomic E-state index is 0.198. The van der Waals surface area contributed by atoms with Crippen LogP contribution in [-0.2, 0) is 4.79 Å². The number of carbonyl (C=O) groups excluding carboxylic acids is 1. The van der Waals surface area contributed by atoms with Crippen molar-refractivity contribution >= 4 is 12.0 Å². The van der Waals surface area contributed by atoms with E-state index in [2.05, 4.69) is 17.6 Å². The molecule has 0 aromatic carbocycles. The van der Waals surface area contributed by atoms with Gasteiger partial charge in [0, 0.05) is 6.04 Å². The molecule has 1 aliphatic carbocycles. The van der Waals surface area contributed by atoms with Gasteiger partial charge in [-0.15, -0.1) is 0 Å². The zero-order valence-corrected chi connectivity index (χ0v) is 8.25. The molecule has 3 N–H and O–H groups in total. The minimum atomic E-state index is -1.03. The molecule has 1 aliphatic rings. The standard InChI is InChI=1S/C9H16N2O3/c1-6-3-2-4-7(6)11-9(14)10-5-8(12)13/h6-7H,2-5H2,1H3,(H,12,13)(H2,10,11,14). The fourth-order valence-electron chi connectivity index (χ4n) is 1.74. The summed E-state index contributed by atoms with van der Waals surface area (Å²) in [6, 6.07) is -0.185. The van der Waals surface area contributed by atoms with Crippen LogP contribution >= 0.6 is 0 Å². The lowest BCUT2D eigenvalue weighted by molar-refractivity contribution is -0.135. The van der Waals surface area contributed by atoms with Gasteiger partial charge in [-0.2, -0.15) is 0 Å². The van der Waals surface area contributed by atoms with Crippen molar-refractivity contribution in [2.24, 2.45) is 5.92 Å². The molecule has 5 nitrogen and oxygen atoms in total. The number of hydrogen-bond donors (Lipinski definition) is 3. The Labute approximate surface area is 82.9 Å². The van der Waals surface area contributed by atoms with Crippen LogP contribution in [0.1, 0.15) is 26.2 Å². The zero-order valence-electron chi connectivity index (χ0n) is 8.25. The van der Waals surface area contributed by atoms with E-state index in [0.717, 1.165) is 19.3 Å². The number of nitrogens with one attached hydrogen (secondary N) is 2. The Bertz CT molecular complexity index is 230. The monoisotopic (exact) mass is 200 g/mol. The van der Waals surface area contributed by atoms with E-state index in [1.807, 2.05) is 0 Å². The summed E-state index contributed by atoms with van der Waals surface area (Å²) in [7, 11) is 0. The van der Waals surface area contributed by atoms with E-state index in [4.69, 9.17) is 5.11 Å². The van der Waals surface area contributed by atoms with Crippen LogP contribution in [0, 0.1) is 5.92 Å². The molecule has 80 valence electrons. The summed E-state index contributed by atoms with van der Waals surface area (Å²) in [5, 5.41) is 13.4. The molecule has 1 fully saturated rings. The normalized spacial score (nSPS) is 25.8. The van der Waals surface area contributed by atoms with Gasteiger partial charge in [-0.25, -0.2) is 4.79 Å². The predicted molar refractivity (Wildman–Crippen MR) is 51.0 cm³/mol. The van der Waals surface area contributed by atoms with Crippen LogP contribution in [0.3, 0.4) is 0 Å². The van der Waals surface area contributed by atoms with Gasteiger partial charge in [0.25, 0.3) is 0 Å². The molecule has 14 heavy (non-hydrogen) atoms. The molecule has 0 aromatic heterocycles. The number of carbonyl (C=O) groups is 2. The van der Waals surface area contributed by atoms with Gasteiger partial charge >= 0.3 is 12.0 Å². The van der Waals surface area contributed by atoms with Gasteiger partial charge in [0.2, 0.25) is 0 Å². The maximum absolute atomic E-state index is 11.2. The number of carboxylic acid groups (broad SMARTS) is 1. The van der Waals surface area contributed by atoms with E-state index in [9.17, 15) is 9.59 Å². The third-order valence-electron chi connectivity index (χ3n) is 2.58. The van der Waals surface area contributed by atoms with Crippen molar-refractivity contribution in [1.29, 1.82) is 0 Å². The molecule has 2 atom stereocenters. The zero-order chi connectivity index (χ0) is 10.6. The second-order valence-corrected chi connectivity index (χ2v) is 3.74. The summed E-state index contributed by atoms with van der Waals surface area (Å²) in [5.41, 5.74) is 0. The summed E-state index contributed by atoms with van der Waals surface area (Å²) in [4.78, 5) is 21.3. The lowest BCUT2D eigenvalue weighted by Gasteiger charge is -2.17. The van der Waals surface area contributed by atoms with Gasteiger partial charge in [-0.05, 0) is 18.8 Å². The molecule has 0 aromatic rings. The summed E-state index contributed by atoms with van der Waals surface area (Å²) in [6.07, 6.45) is 3.25. The van der Waals surface area contributed by atoms with Crippen LogP contribution in [0.5, 0.6) is 0 Å². The smallest absolute Gasteiger partial charge is 0.323 e. The number of urea groups is 1. The van der Waals surface area contributed by atoms with Gasteiger partial charge in [0.05, 0.1) is 0 Å². The molecule has 0 saturated heterocycles. The van der Waals surface area contributed by atoms with Gasteiger partial charge in [-0.3, -0.25) is 4.79 Å². The van der Waals surface area contributed by atoms with E-state index in [-0.39, 0.29) is 18.6 Å². The number of aliphatic carboxylic acids is 1. The number of rotatable bonds is 3. The van der Waals surface area contributed by atoms with Crippen molar-refractivity contribution in [3.63, 3.8) is 0 Å². The van der Waals surface area contributed by atoms with Crippen molar-refractivity contribution in [2.75, 3.05) is 6.54 Å². The first-order valence-corrected chi connectivity index (χ1v) is 4.85. The van der Waals surface area contributed by atoms with Crippen LogP contribution in [0.15, 0.2) is 0 Å². The minimum Gasteiger partial charge on any atom is -0.480 e. The fourth-order valence-corrected chi connectivity index (χ4v) is 1.74. The first-order valence-electron chi connectivity index (χ1n) is 4.85. The number of carboxylic acids is 1. The van der Waals surface area contributed by atoms with Crippen LogP contribution in [-0.4, -0.2) is 29.7 Å². The summed E-state index contributed by atoms with van der Waals surface area (Å²) < 4.78 is 0. The molecule has 0 spiro atoms. The molecular weight excluding hydrogens is 184 g/mol. The summed E-state index contributed by atoms with van der Waals surface area (Å²) in [6.45, 7) is 1.77. The van der Waals surface area contributed by atoms with Crippen molar-refractivity contribution < 1.29 is 14.7 Å². The maximum atomic E-state index is 11.2. The quantitative estimate of drug-likeness (QED) is 0.622. The van der Waals surface area contributed by atoms with E-state index >= 15 is 0 Å². The Kier molecular flexibility index (Phi) is 3.73. The van der Waals surface area contributed by atoms with E-state index in [1.165, 1.54) is 0 Å². The third kappa shape index (κ3) is 3.24. The largest absolute Gasteiger partial charge is 0.480 e. The summed E-state index contributed by atoms with van der Waals surface area (Å²) in [5.74, 6) is -0.537. The Hall–Kier alpha value is -1.26. The number of amides is 2. The molecule has 1 rings (SSSR count). The van der Waals surface area contributed by atoms with Crippen molar-refractivity contribution in [3.05, 3.63) is 0 Å². The van der Waals surface area contributed by atoms with Gasteiger partial charge in [0.1, 0.15) is 6.54 Å². The topological polar surface area (TPSA) is 78.4 Å². The lowest BCUT2D eigenvalue weighted by atomic mass is 10.1. The Morgan fingerprint density at radius 1 is 1.43 bits per heavy atom. The van der Waals surface area contributed by atoms with Gasteiger partial charge in [0.15, 0.2) is 0 Å². The first-order chi connectivity index (χ1) is 6.59. The van der Waals surface area contributed by atoms with Gasteiger partial charge in [-0.1, -0.05) is 13.3 Å². The molecule has 0 bridgehead atoms. The molecule has 0 radical (unpaired) electrons. The Balaban J connectivity index is 2.22. The van der Waals surface area contributed by atoms with Crippen LogP contribution in [0.25, 0.3) is 0 Å². The predicted octanol–water partition coefficient (Wildman–Crippen LogP) is 0.559. The highest BCUT2D eigenvalue weighted by molar-refractivity contribution is 5.80. The van der Waals surface area contributed by atoms with Crippen LogP contribution < -0.4 is 10.6 Å². The number of hydrogen-bond acceptors (Lipinski definition) is 2. The van der Waals surface area contributed by atoms with Crippen LogP contribution in [0.4, 0.5) is 4.79 Å². The maximum Gasteiger partial charge on any atom is 0.323 e. The van der Waals surface area contributed by atoms with Crippen molar-refractivity contribution in [2.45, 2.75) is 32.2 Å². The Morgan fingerprint density at radius 3 is 2.64 bits per heavy atom. The second kappa shape index (κ2) is 4.83. The van der Waals surface area contributed by atoms with Crippen molar-refractivity contribution in [1.82, 2.24) is 10.6 Å². The molecule has 2 unspecified atom stereocenters. The summed E-state index contributed by atoms with van der Waals surface area (Å²) >= 11 is 0. The van der Waals surface area contributed by atoms with Crippen molar-refractivity contribution in [3.8, 4) is 0 Å². The third-order valence-corrected chi connectivity index (χ3v) is 2.58. The lowest BCUT2D eigenvalue weighted by Crippen LogP contribution is -2.44. The van der Waals surface area contributed by atoms with E-state index < -0.39 is 5.97 Å². The average molecular weight is 200 g/mol. The highest BCUT2D eigenvalue weighted by atomic mass is 16.4. The molecule has 0 heterocycles. The molecule has 1 saturated carbocycles. The van der Waals surface area contributed by atoms with E-state index in [1.54, 1.807) is 0 Å². The van der Waals surface area contributed by atoms with E-state index in [0.29, 0.717) is 5.92 Å². The first kappa shape index (κ1) is 10.8. The Morgan fingerprint density at radius 2 is 2.14 bits per heavy atom. The molecule has 0 aliphatic heterocycles. The van der Waals surface area contributed by atoms with Gasteiger partial charge < -0.3 is 15.7 Å². The average Bonchev–Trinajstić information content (AvgIpc) is 2.49. The highest BCUT2D eigenvalue weighted by Gasteiger charge is 2.24. The fraction of sp³-hybridized carbons (Fsp3) is 0.778. The second-order valence-electron chi connectivity index (χ2n) is 3.74.